The van der Waals surface area contributed by atoms with Gasteiger partial charge in [0.15, 0.2) is 0 Å². The van der Waals surface area contributed by atoms with Crippen molar-refractivity contribution in [1.82, 2.24) is 0 Å². The molecule has 0 aliphatic carbocycles. The summed E-state index contributed by atoms with van der Waals surface area (Å²) in [5.74, 6) is 2.70. The summed E-state index contributed by atoms with van der Waals surface area (Å²) in [6.07, 6.45) is 7.93. The van der Waals surface area contributed by atoms with E-state index in [9.17, 15) is 0 Å². The van der Waals surface area contributed by atoms with Crippen LogP contribution in [0.1, 0.15) is 10.4 Å². The number of benzene rings is 1. The molecule has 2 rings (SSSR count). The smallest absolute Gasteiger partial charge is 0.0358 e. The van der Waals surface area contributed by atoms with E-state index >= 15 is 0 Å². The molecule has 0 saturated carbocycles. The number of terminal acetylenes is 1. The fraction of sp³-hybridized carbons (Fsp3) is 0.0769. The van der Waals surface area contributed by atoms with Crippen LogP contribution in [0.4, 0.5) is 0 Å². The van der Waals surface area contributed by atoms with E-state index in [1.54, 1.807) is 11.3 Å². The highest BCUT2D eigenvalue weighted by Crippen LogP contribution is 2.32. The predicted molar refractivity (Wildman–Crippen MR) is 64.5 cm³/mol. The third-order valence-electron chi connectivity index (χ3n) is 2.19. The molecule has 1 aromatic carbocycles. The molecule has 1 aromatic heterocycles. The molecule has 0 bridgehead atoms. The molecule has 0 amide bonds. The van der Waals surface area contributed by atoms with Crippen molar-refractivity contribution >= 4 is 27.5 Å². The van der Waals surface area contributed by atoms with Gasteiger partial charge in [-0.1, -0.05) is 30.9 Å². The number of fused-ring (bicyclic) bond motifs is 1. The molecule has 0 spiro atoms. The van der Waals surface area contributed by atoms with Crippen LogP contribution in [0.25, 0.3) is 16.2 Å². The molecule has 2 aromatic rings. The van der Waals surface area contributed by atoms with Crippen LogP contribution in [0.5, 0.6) is 0 Å². The molecular weight excluding hydrogens is 188 g/mol. The van der Waals surface area contributed by atoms with Crippen LogP contribution in [-0.4, -0.2) is 0 Å². The molecular formula is C13H10S. The first kappa shape index (κ1) is 9.05. The molecule has 1 heteroatoms. The minimum atomic E-state index is 0.686. The van der Waals surface area contributed by atoms with E-state index in [0.717, 1.165) is 0 Å². The van der Waals surface area contributed by atoms with Crippen LogP contribution in [0.15, 0.2) is 30.8 Å². The van der Waals surface area contributed by atoms with E-state index in [1.165, 1.54) is 20.5 Å². The highest BCUT2D eigenvalue weighted by atomic mass is 32.1. The van der Waals surface area contributed by atoms with Crippen molar-refractivity contribution < 1.29 is 0 Å². The third kappa shape index (κ3) is 1.34. The van der Waals surface area contributed by atoms with Gasteiger partial charge in [-0.15, -0.1) is 23.7 Å². The Kier molecular flexibility index (Phi) is 2.39. The first-order valence-electron chi connectivity index (χ1n) is 4.43. The molecule has 0 saturated heterocycles. The lowest BCUT2D eigenvalue weighted by Gasteiger charge is -1.94. The van der Waals surface area contributed by atoms with Crippen LogP contribution in [0, 0.1) is 12.3 Å². The zero-order valence-electron chi connectivity index (χ0n) is 7.79. The van der Waals surface area contributed by atoms with Gasteiger partial charge in [0.2, 0.25) is 0 Å². The van der Waals surface area contributed by atoms with Crippen molar-refractivity contribution in [3.05, 3.63) is 41.3 Å². The quantitative estimate of drug-likeness (QED) is 0.645. The lowest BCUT2D eigenvalue weighted by molar-refractivity contribution is 1.38. The summed E-state index contributed by atoms with van der Waals surface area (Å²) < 4.78 is 1.28. The van der Waals surface area contributed by atoms with Gasteiger partial charge >= 0.3 is 0 Å². The molecule has 0 aliphatic heterocycles. The number of hydrogen-bond donors (Lipinski definition) is 0. The van der Waals surface area contributed by atoms with Gasteiger partial charge in [0.05, 0.1) is 0 Å². The molecule has 0 atom stereocenters. The molecule has 0 fully saturated rings. The van der Waals surface area contributed by atoms with Gasteiger partial charge in [-0.05, 0) is 17.0 Å². The standard InChI is InChI=1S/C13H10S/c1-3-7-10-11-8-5-6-9-13(11)14-12(10)4-2/h1,4-6,8-9H,2,7H2. The van der Waals surface area contributed by atoms with Crippen molar-refractivity contribution in [3.8, 4) is 12.3 Å². The minimum Gasteiger partial charge on any atom is -0.136 e. The van der Waals surface area contributed by atoms with Crippen molar-refractivity contribution in [1.29, 1.82) is 0 Å². The van der Waals surface area contributed by atoms with Crippen molar-refractivity contribution in [2.24, 2.45) is 0 Å². The summed E-state index contributed by atoms with van der Waals surface area (Å²) in [4.78, 5) is 1.20. The van der Waals surface area contributed by atoms with Crippen LogP contribution in [0.3, 0.4) is 0 Å². The van der Waals surface area contributed by atoms with E-state index in [2.05, 4.69) is 24.6 Å². The summed E-state index contributed by atoms with van der Waals surface area (Å²) in [5, 5.41) is 1.27. The summed E-state index contributed by atoms with van der Waals surface area (Å²) in [6.45, 7) is 3.81. The lowest BCUT2D eigenvalue weighted by Crippen LogP contribution is -1.80. The Bertz CT molecular complexity index is 512. The van der Waals surface area contributed by atoms with Crippen LogP contribution in [-0.2, 0) is 6.42 Å². The van der Waals surface area contributed by atoms with Gasteiger partial charge < -0.3 is 0 Å². The van der Waals surface area contributed by atoms with Gasteiger partial charge in [0, 0.05) is 16.0 Å². The topological polar surface area (TPSA) is 0 Å². The Morgan fingerprint density at radius 1 is 1.43 bits per heavy atom. The Morgan fingerprint density at radius 3 is 2.93 bits per heavy atom. The summed E-state index contributed by atoms with van der Waals surface area (Å²) in [5.41, 5.74) is 1.24. The van der Waals surface area contributed by atoms with E-state index in [1.807, 2.05) is 18.2 Å². The molecule has 68 valence electrons. The second-order valence-electron chi connectivity index (χ2n) is 3.03. The molecule has 1 heterocycles. The van der Waals surface area contributed by atoms with Crippen LogP contribution < -0.4 is 0 Å². The highest BCUT2D eigenvalue weighted by molar-refractivity contribution is 7.20. The van der Waals surface area contributed by atoms with E-state index < -0.39 is 0 Å². The summed E-state index contributed by atoms with van der Waals surface area (Å²) in [7, 11) is 0. The lowest BCUT2D eigenvalue weighted by atomic mass is 10.1. The van der Waals surface area contributed by atoms with Gasteiger partial charge in [-0.25, -0.2) is 0 Å². The first-order chi connectivity index (χ1) is 6.86. The second-order valence-corrected chi connectivity index (χ2v) is 4.11. The Hall–Kier alpha value is -1.52. The van der Waals surface area contributed by atoms with E-state index in [0.29, 0.717) is 6.42 Å². The SMILES string of the molecule is C#CCc1c(C=C)sc2ccccc12. The number of thiophene rings is 1. The maximum atomic E-state index is 5.35. The summed E-state index contributed by atoms with van der Waals surface area (Å²) in [6, 6.07) is 8.33. The maximum absolute atomic E-state index is 5.35. The molecule has 0 radical (unpaired) electrons. The Labute approximate surface area is 87.9 Å². The largest absolute Gasteiger partial charge is 0.136 e. The molecule has 0 nitrogen and oxygen atoms in total. The van der Waals surface area contributed by atoms with Gasteiger partial charge in [0.25, 0.3) is 0 Å². The highest BCUT2D eigenvalue weighted by Gasteiger charge is 2.07. The van der Waals surface area contributed by atoms with Crippen molar-refractivity contribution in [2.45, 2.75) is 6.42 Å². The Balaban J connectivity index is 2.75. The Morgan fingerprint density at radius 2 is 2.21 bits per heavy atom. The fourth-order valence-electron chi connectivity index (χ4n) is 1.57. The zero-order valence-corrected chi connectivity index (χ0v) is 8.60. The second kappa shape index (κ2) is 3.69. The van der Waals surface area contributed by atoms with E-state index in [-0.39, 0.29) is 0 Å². The normalized spacial score (nSPS) is 9.93. The molecule has 14 heavy (non-hydrogen) atoms. The average molecular weight is 198 g/mol. The summed E-state index contributed by atoms with van der Waals surface area (Å²) >= 11 is 1.75. The predicted octanol–water partition coefficient (Wildman–Crippen LogP) is 3.72. The third-order valence-corrected chi connectivity index (χ3v) is 3.40. The molecule has 0 unspecified atom stereocenters. The number of rotatable bonds is 2. The average Bonchev–Trinajstić information content (AvgIpc) is 2.58. The zero-order chi connectivity index (χ0) is 9.97. The van der Waals surface area contributed by atoms with Crippen molar-refractivity contribution in [3.63, 3.8) is 0 Å². The van der Waals surface area contributed by atoms with Gasteiger partial charge in [-0.3, -0.25) is 0 Å². The van der Waals surface area contributed by atoms with Crippen LogP contribution in [0.2, 0.25) is 0 Å². The minimum absolute atomic E-state index is 0.686. The molecule has 0 N–H and O–H groups in total. The van der Waals surface area contributed by atoms with Crippen molar-refractivity contribution in [2.75, 3.05) is 0 Å². The monoisotopic (exact) mass is 198 g/mol. The molecule has 0 aliphatic rings. The fourth-order valence-corrected chi connectivity index (χ4v) is 2.64. The maximum Gasteiger partial charge on any atom is 0.0358 e. The van der Waals surface area contributed by atoms with Crippen LogP contribution >= 0.6 is 11.3 Å². The van der Waals surface area contributed by atoms with E-state index in [4.69, 9.17) is 6.42 Å². The first-order valence-corrected chi connectivity index (χ1v) is 5.24. The van der Waals surface area contributed by atoms with Gasteiger partial charge in [0.1, 0.15) is 0 Å². The number of hydrogen-bond acceptors (Lipinski definition) is 1. The van der Waals surface area contributed by atoms with Gasteiger partial charge in [-0.2, -0.15) is 0 Å².